The van der Waals surface area contributed by atoms with E-state index >= 15 is 0 Å². The smallest absolute Gasteiger partial charge is 0.107 e. The molecule has 16 heavy (non-hydrogen) atoms. The van der Waals surface area contributed by atoms with Crippen LogP contribution in [0, 0.1) is 0 Å². The SMILES string of the molecule is CCCc1cccc(C(O)C(C)(C)OC)c1. The fourth-order valence-corrected chi connectivity index (χ4v) is 1.72. The molecule has 0 aliphatic carbocycles. The van der Waals surface area contributed by atoms with Crippen LogP contribution in [-0.2, 0) is 11.2 Å². The van der Waals surface area contributed by atoms with Gasteiger partial charge in [0.1, 0.15) is 6.10 Å². The molecule has 1 rings (SSSR count). The summed E-state index contributed by atoms with van der Waals surface area (Å²) in [6, 6.07) is 8.11. The second-order valence-corrected chi connectivity index (χ2v) is 4.71. The van der Waals surface area contributed by atoms with Crippen LogP contribution in [0.2, 0.25) is 0 Å². The van der Waals surface area contributed by atoms with Crippen molar-refractivity contribution in [3.05, 3.63) is 35.4 Å². The monoisotopic (exact) mass is 222 g/mol. The topological polar surface area (TPSA) is 29.5 Å². The molecule has 0 bridgehead atoms. The van der Waals surface area contributed by atoms with Crippen molar-refractivity contribution in [2.45, 2.75) is 45.3 Å². The van der Waals surface area contributed by atoms with Crippen LogP contribution in [0.1, 0.15) is 44.4 Å². The van der Waals surface area contributed by atoms with E-state index in [1.54, 1.807) is 7.11 Å². The molecule has 0 aliphatic heterocycles. The first-order chi connectivity index (χ1) is 7.51. The summed E-state index contributed by atoms with van der Waals surface area (Å²) in [6.45, 7) is 5.94. The Morgan fingerprint density at radius 1 is 1.38 bits per heavy atom. The molecule has 1 aromatic carbocycles. The molecule has 0 radical (unpaired) electrons. The fraction of sp³-hybridized carbons (Fsp3) is 0.571. The Hall–Kier alpha value is -0.860. The van der Waals surface area contributed by atoms with Gasteiger partial charge in [-0.1, -0.05) is 37.6 Å². The second kappa shape index (κ2) is 5.46. The zero-order valence-corrected chi connectivity index (χ0v) is 10.7. The van der Waals surface area contributed by atoms with Gasteiger partial charge in [-0.15, -0.1) is 0 Å². The molecule has 1 unspecified atom stereocenters. The minimum atomic E-state index is -0.589. The summed E-state index contributed by atoms with van der Waals surface area (Å²) in [7, 11) is 1.62. The maximum absolute atomic E-state index is 10.2. The van der Waals surface area contributed by atoms with Crippen LogP contribution in [0.3, 0.4) is 0 Å². The third kappa shape index (κ3) is 3.06. The molecule has 1 aromatic rings. The summed E-state index contributed by atoms with van der Waals surface area (Å²) in [6.07, 6.45) is 1.58. The Morgan fingerprint density at radius 3 is 2.62 bits per heavy atom. The summed E-state index contributed by atoms with van der Waals surface area (Å²) >= 11 is 0. The van der Waals surface area contributed by atoms with Gasteiger partial charge < -0.3 is 9.84 Å². The summed E-state index contributed by atoms with van der Waals surface area (Å²) in [5.74, 6) is 0. The Labute approximate surface area is 98.3 Å². The van der Waals surface area contributed by atoms with E-state index in [0.717, 1.165) is 18.4 Å². The lowest BCUT2D eigenvalue weighted by Gasteiger charge is -2.29. The highest BCUT2D eigenvalue weighted by Crippen LogP contribution is 2.28. The van der Waals surface area contributed by atoms with Gasteiger partial charge in [-0.25, -0.2) is 0 Å². The molecule has 0 saturated carbocycles. The Bertz CT molecular complexity index is 331. The summed E-state index contributed by atoms with van der Waals surface area (Å²) < 4.78 is 5.30. The van der Waals surface area contributed by atoms with Crippen molar-refractivity contribution < 1.29 is 9.84 Å². The number of aliphatic hydroxyl groups is 1. The van der Waals surface area contributed by atoms with Crippen LogP contribution in [0.15, 0.2) is 24.3 Å². The maximum atomic E-state index is 10.2. The van der Waals surface area contributed by atoms with Gasteiger partial charge >= 0.3 is 0 Å². The van der Waals surface area contributed by atoms with E-state index in [-0.39, 0.29) is 0 Å². The van der Waals surface area contributed by atoms with Gasteiger partial charge in [0.05, 0.1) is 5.60 Å². The Balaban J connectivity index is 2.91. The van der Waals surface area contributed by atoms with Gasteiger partial charge in [0.15, 0.2) is 0 Å². The number of benzene rings is 1. The Morgan fingerprint density at radius 2 is 2.06 bits per heavy atom. The number of methoxy groups -OCH3 is 1. The van der Waals surface area contributed by atoms with E-state index in [4.69, 9.17) is 4.74 Å². The first kappa shape index (κ1) is 13.2. The third-order valence-electron chi connectivity index (χ3n) is 2.99. The largest absolute Gasteiger partial charge is 0.385 e. The van der Waals surface area contributed by atoms with Gasteiger partial charge in [0.25, 0.3) is 0 Å². The third-order valence-corrected chi connectivity index (χ3v) is 2.99. The molecule has 0 aliphatic rings. The van der Waals surface area contributed by atoms with E-state index in [1.165, 1.54) is 5.56 Å². The molecule has 0 heterocycles. The summed E-state index contributed by atoms with van der Waals surface area (Å²) in [5.41, 5.74) is 1.65. The molecule has 0 saturated heterocycles. The molecule has 0 amide bonds. The van der Waals surface area contributed by atoms with Gasteiger partial charge in [-0.2, -0.15) is 0 Å². The highest BCUT2D eigenvalue weighted by molar-refractivity contribution is 5.26. The van der Waals surface area contributed by atoms with E-state index in [2.05, 4.69) is 19.1 Å². The predicted molar refractivity (Wildman–Crippen MR) is 66.5 cm³/mol. The number of rotatable bonds is 5. The molecule has 0 fully saturated rings. The van der Waals surface area contributed by atoms with Crippen molar-refractivity contribution in [3.8, 4) is 0 Å². The first-order valence-corrected chi connectivity index (χ1v) is 5.83. The number of aryl methyl sites for hydroxylation is 1. The Kier molecular flexibility index (Phi) is 4.51. The van der Waals surface area contributed by atoms with Crippen LogP contribution < -0.4 is 0 Å². The van der Waals surface area contributed by atoms with Crippen molar-refractivity contribution in [2.75, 3.05) is 7.11 Å². The predicted octanol–water partition coefficient (Wildman–Crippen LogP) is 3.10. The highest BCUT2D eigenvalue weighted by Gasteiger charge is 2.28. The molecule has 1 N–H and O–H groups in total. The molecule has 1 atom stereocenters. The molecule has 2 nitrogen and oxygen atoms in total. The zero-order chi connectivity index (χ0) is 12.2. The maximum Gasteiger partial charge on any atom is 0.107 e. The van der Waals surface area contributed by atoms with Crippen molar-refractivity contribution in [1.82, 2.24) is 0 Å². The summed E-state index contributed by atoms with van der Waals surface area (Å²) in [4.78, 5) is 0. The van der Waals surface area contributed by atoms with Gasteiger partial charge in [-0.3, -0.25) is 0 Å². The zero-order valence-electron chi connectivity index (χ0n) is 10.7. The number of aliphatic hydroxyl groups excluding tert-OH is 1. The minimum absolute atomic E-state index is 0.551. The molecule has 0 spiro atoms. The number of hydrogen-bond donors (Lipinski definition) is 1. The minimum Gasteiger partial charge on any atom is -0.385 e. The van der Waals surface area contributed by atoms with E-state index in [9.17, 15) is 5.11 Å². The molecular weight excluding hydrogens is 200 g/mol. The van der Waals surface area contributed by atoms with Crippen LogP contribution in [-0.4, -0.2) is 17.8 Å². The average molecular weight is 222 g/mol. The van der Waals surface area contributed by atoms with Crippen molar-refractivity contribution in [2.24, 2.45) is 0 Å². The second-order valence-electron chi connectivity index (χ2n) is 4.71. The molecular formula is C14H22O2. The quantitative estimate of drug-likeness (QED) is 0.829. The van der Waals surface area contributed by atoms with Crippen LogP contribution in [0.25, 0.3) is 0 Å². The number of ether oxygens (including phenoxy) is 1. The molecule has 2 heteroatoms. The lowest BCUT2D eigenvalue weighted by molar-refractivity contribution is -0.0793. The normalized spacial score (nSPS) is 13.8. The molecule has 0 aromatic heterocycles. The lowest BCUT2D eigenvalue weighted by Crippen LogP contribution is -2.31. The van der Waals surface area contributed by atoms with E-state index in [1.807, 2.05) is 26.0 Å². The van der Waals surface area contributed by atoms with Gasteiger partial charge in [0.2, 0.25) is 0 Å². The van der Waals surface area contributed by atoms with Crippen LogP contribution in [0.4, 0.5) is 0 Å². The standard InChI is InChI=1S/C14H22O2/c1-5-7-11-8-6-9-12(10-11)13(15)14(2,3)16-4/h6,8-10,13,15H,5,7H2,1-4H3. The van der Waals surface area contributed by atoms with Gasteiger partial charge in [-0.05, 0) is 31.4 Å². The average Bonchev–Trinajstić information content (AvgIpc) is 2.29. The lowest BCUT2D eigenvalue weighted by atomic mass is 9.93. The summed E-state index contributed by atoms with van der Waals surface area (Å²) in [5, 5.41) is 10.2. The first-order valence-electron chi connectivity index (χ1n) is 5.83. The van der Waals surface area contributed by atoms with E-state index in [0.29, 0.717) is 0 Å². The number of hydrogen-bond acceptors (Lipinski definition) is 2. The van der Waals surface area contributed by atoms with Crippen molar-refractivity contribution >= 4 is 0 Å². The van der Waals surface area contributed by atoms with Crippen LogP contribution in [0.5, 0.6) is 0 Å². The van der Waals surface area contributed by atoms with Crippen molar-refractivity contribution in [3.63, 3.8) is 0 Å². The molecule has 90 valence electrons. The van der Waals surface area contributed by atoms with E-state index < -0.39 is 11.7 Å². The van der Waals surface area contributed by atoms with Gasteiger partial charge in [0, 0.05) is 7.11 Å². The van der Waals surface area contributed by atoms with Crippen molar-refractivity contribution in [1.29, 1.82) is 0 Å². The highest BCUT2D eigenvalue weighted by atomic mass is 16.5. The fourth-order valence-electron chi connectivity index (χ4n) is 1.72. The van der Waals surface area contributed by atoms with Crippen LogP contribution >= 0.6 is 0 Å².